The van der Waals surface area contributed by atoms with Crippen LogP contribution in [0.25, 0.3) is 0 Å². The van der Waals surface area contributed by atoms with E-state index in [0.717, 1.165) is 19.3 Å². The molecule has 2 rings (SSSR count). The van der Waals surface area contributed by atoms with Gasteiger partial charge in [-0.25, -0.2) is 8.42 Å². The van der Waals surface area contributed by atoms with E-state index >= 15 is 0 Å². The van der Waals surface area contributed by atoms with E-state index in [1.807, 2.05) is 0 Å². The predicted molar refractivity (Wildman–Crippen MR) is 72.4 cm³/mol. The van der Waals surface area contributed by atoms with Crippen molar-refractivity contribution >= 4 is 15.7 Å². The lowest BCUT2D eigenvalue weighted by molar-refractivity contribution is 0.178. The lowest BCUT2D eigenvalue weighted by Crippen LogP contribution is -2.45. The van der Waals surface area contributed by atoms with Crippen LogP contribution in [0.2, 0.25) is 0 Å². The van der Waals surface area contributed by atoms with Gasteiger partial charge in [-0.1, -0.05) is 6.42 Å². The van der Waals surface area contributed by atoms with Crippen LogP contribution < -0.4 is 5.32 Å². The van der Waals surface area contributed by atoms with Crippen LogP contribution in [0.15, 0.2) is 23.4 Å². The molecule has 0 atom stereocenters. The third-order valence-corrected chi connectivity index (χ3v) is 5.42. The van der Waals surface area contributed by atoms with Gasteiger partial charge in [-0.2, -0.15) is 4.31 Å². The van der Waals surface area contributed by atoms with Crippen LogP contribution in [-0.4, -0.2) is 49.1 Å². The number of rotatable bonds is 6. The first-order valence-electron chi connectivity index (χ1n) is 6.35. The number of hydrogen-bond donors (Lipinski definition) is 2. The van der Waals surface area contributed by atoms with Gasteiger partial charge in [0.1, 0.15) is 4.90 Å². The Labute approximate surface area is 113 Å². The summed E-state index contributed by atoms with van der Waals surface area (Å²) in [5.41, 5.74) is 0.525. The van der Waals surface area contributed by atoms with E-state index in [-0.39, 0.29) is 24.1 Å². The van der Waals surface area contributed by atoms with Gasteiger partial charge in [-0.3, -0.25) is 4.98 Å². The molecule has 0 saturated heterocycles. The summed E-state index contributed by atoms with van der Waals surface area (Å²) >= 11 is 0. The second-order valence-electron chi connectivity index (χ2n) is 4.55. The summed E-state index contributed by atoms with van der Waals surface area (Å²) in [6.45, 7) is -0.0457. The molecule has 0 radical (unpaired) electrons. The number of anilines is 1. The first-order chi connectivity index (χ1) is 9.11. The molecule has 7 heteroatoms. The monoisotopic (exact) mass is 285 g/mol. The van der Waals surface area contributed by atoms with Gasteiger partial charge in [-0.15, -0.1) is 0 Å². The lowest BCUT2D eigenvalue weighted by atomic mass is 9.93. The van der Waals surface area contributed by atoms with Gasteiger partial charge >= 0.3 is 0 Å². The fourth-order valence-electron chi connectivity index (χ4n) is 2.19. The lowest BCUT2D eigenvalue weighted by Gasteiger charge is -2.36. The number of pyridine rings is 1. The van der Waals surface area contributed by atoms with Crippen LogP contribution in [-0.2, 0) is 10.0 Å². The molecule has 0 unspecified atom stereocenters. The first kappa shape index (κ1) is 14.2. The van der Waals surface area contributed by atoms with Crippen molar-refractivity contribution in [3.8, 4) is 0 Å². The molecule has 1 heterocycles. The quantitative estimate of drug-likeness (QED) is 0.802. The van der Waals surface area contributed by atoms with Crippen molar-refractivity contribution in [2.45, 2.75) is 30.2 Å². The van der Waals surface area contributed by atoms with Gasteiger partial charge in [0, 0.05) is 32.0 Å². The summed E-state index contributed by atoms with van der Waals surface area (Å²) in [5, 5.41) is 12.0. The molecule has 0 spiro atoms. The number of sulfonamides is 1. The Morgan fingerprint density at radius 1 is 1.53 bits per heavy atom. The zero-order valence-electron chi connectivity index (χ0n) is 10.9. The number of nitrogens with one attached hydrogen (secondary N) is 1. The highest BCUT2D eigenvalue weighted by Gasteiger charge is 2.35. The Balaban J connectivity index is 2.38. The average molecular weight is 285 g/mol. The minimum absolute atomic E-state index is 0.00191. The normalized spacial score (nSPS) is 16.4. The molecular weight excluding hydrogens is 266 g/mol. The van der Waals surface area contributed by atoms with Gasteiger partial charge in [0.15, 0.2) is 0 Å². The zero-order chi connectivity index (χ0) is 13.9. The molecule has 19 heavy (non-hydrogen) atoms. The summed E-state index contributed by atoms with van der Waals surface area (Å²) in [5.74, 6) is 0. The Morgan fingerprint density at radius 2 is 2.26 bits per heavy atom. The number of nitrogens with zero attached hydrogens (tertiary/aromatic N) is 2. The Bertz CT molecular complexity index is 529. The van der Waals surface area contributed by atoms with E-state index < -0.39 is 10.0 Å². The number of hydrogen-bond acceptors (Lipinski definition) is 5. The minimum Gasteiger partial charge on any atom is -0.395 e. The van der Waals surface area contributed by atoms with Crippen LogP contribution in [0.5, 0.6) is 0 Å². The van der Waals surface area contributed by atoms with Gasteiger partial charge in [0.05, 0.1) is 12.3 Å². The molecule has 0 amide bonds. The second kappa shape index (κ2) is 5.85. The third kappa shape index (κ3) is 2.72. The van der Waals surface area contributed by atoms with Crippen molar-refractivity contribution in [2.75, 3.05) is 25.5 Å². The molecule has 0 aromatic carbocycles. The van der Waals surface area contributed by atoms with Crippen molar-refractivity contribution in [3.63, 3.8) is 0 Å². The van der Waals surface area contributed by atoms with Crippen molar-refractivity contribution in [1.82, 2.24) is 9.29 Å². The fourth-order valence-corrected chi connectivity index (χ4v) is 4.01. The summed E-state index contributed by atoms with van der Waals surface area (Å²) < 4.78 is 26.7. The standard InChI is InChI=1S/C12H19N3O3S/c1-13-11-5-6-14-9-12(11)19(17,18)15(7-8-16)10-3-2-4-10/h5-6,9-10,16H,2-4,7-8H2,1H3,(H,13,14). The molecule has 1 fully saturated rings. The average Bonchev–Trinajstić information content (AvgIpc) is 2.36. The van der Waals surface area contributed by atoms with E-state index in [0.29, 0.717) is 5.69 Å². The van der Waals surface area contributed by atoms with Crippen molar-refractivity contribution in [2.24, 2.45) is 0 Å². The summed E-state index contributed by atoms with van der Waals surface area (Å²) in [4.78, 5) is 4.06. The van der Waals surface area contributed by atoms with Crippen LogP contribution in [0.3, 0.4) is 0 Å². The Morgan fingerprint density at radius 3 is 2.79 bits per heavy atom. The fraction of sp³-hybridized carbons (Fsp3) is 0.583. The minimum atomic E-state index is -3.62. The molecule has 0 aliphatic heterocycles. The summed E-state index contributed by atoms with van der Waals surface area (Å²) in [7, 11) is -1.94. The smallest absolute Gasteiger partial charge is 0.246 e. The molecule has 1 aromatic heterocycles. The highest BCUT2D eigenvalue weighted by molar-refractivity contribution is 7.89. The van der Waals surface area contributed by atoms with Gasteiger partial charge in [0.2, 0.25) is 10.0 Å². The van der Waals surface area contributed by atoms with E-state index in [9.17, 15) is 8.42 Å². The first-order valence-corrected chi connectivity index (χ1v) is 7.79. The number of aliphatic hydroxyl groups is 1. The van der Waals surface area contributed by atoms with Crippen LogP contribution in [0.1, 0.15) is 19.3 Å². The van der Waals surface area contributed by atoms with Crippen molar-refractivity contribution in [3.05, 3.63) is 18.5 Å². The van der Waals surface area contributed by atoms with E-state index in [1.54, 1.807) is 19.3 Å². The molecular formula is C12H19N3O3S. The molecule has 1 saturated carbocycles. The third-order valence-electron chi connectivity index (χ3n) is 3.44. The van der Waals surface area contributed by atoms with Crippen molar-refractivity contribution in [1.29, 1.82) is 0 Å². The van der Waals surface area contributed by atoms with Crippen LogP contribution in [0, 0.1) is 0 Å². The largest absolute Gasteiger partial charge is 0.395 e. The highest BCUT2D eigenvalue weighted by Crippen LogP contribution is 2.31. The predicted octanol–water partition coefficient (Wildman–Crippen LogP) is 0.659. The topological polar surface area (TPSA) is 82.5 Å². The van der Waals surface area contributed by atoms with Gasteiger partial charge < -0.3 is 10.4 Å². The Hall–Kier alpha value is -1.18. The SMILES string of the molecule is CNc1ccncc1S(=O)(=O)N(CCO)C1CCC1. The van der Waals surface area contributed by atoms with Gasteiger partial charge in [0.25, 0.3) is 0 Å². The van der Waals surface area contributed by atoms with Crippen molar-refractivity contribution < 1.29 is 13.5 Å². The maximum Gasteiger partial charge on any atom is 0.246 e. The van der Waals surface area contributed by atoms with Gasteiger partial charge in [-0.05, 0) is 18.9 Å². The van der Waals surface area contributed by atoms with E-state index in [4.69, 9.17) is 5.11 Å². The number of aliphatic hydroxyl groups excluding tert-OH is 1. The van der Waals surface area contributed by atoms with Crippen LogP contribution >= 0.6 is 0 Å². The Kier molecular flexibility index (Phi) is 4.38. The zero-order valence-corrected chi connectivity index (χ0v) is 11.7. The molecule has 6 nitrogen and oxygen atoms in total. The van der Waals surface area contributed by atoms with Crippen LogP contribution in [0.4, 0.5) is 5.69 Å². The van der Waals surface area contributed by atoms with E-state index in [1.165, 1.54) is 10.5 Å². The van der Waals surface area contributed by atoms with E-state index in [2.05, 4.69) is 10.3 Å². The highest BCUT2D eigenvalue weighted by atomic mass is 32.2. The second-order valence-corrected chi connectivity index (χ2v) is 6.40. The summed E-state index contributed by atoms with van der Waals surface area (Å²) in [6, 6.07) is 1.63. The maximum absolute atomic E-state index is 12.7. The maximum atomic E-state index is 12.7. The molecule has 1 aromatic rings. The molecule has 106 valence electrons. The number of aromatic nitrogens is 1. The summed E-state index contributed by atoms with van der Waals surface area (Å²) in [6.07, 6.45) is 5.64. The molecule has 1 aliphatic carbocycles. The molecule has 1 aliphatic rings. The molecule has 2 N–H and O–H groups in total. The molecule has 0 bridgehead atoms.